The van der Waals surface area contributed by atoms with Crippen molar-refractivity contribution in [2.45, 2.75) is 38.7 Å². The predicted molar refractivity (Wildman–Crippen MR) is 122 cm³/mol. The number of ether oxygens (including phenoxy) is 2. The lowest BCUT2D eigenvalue weighted by Crippen LogP contribution is -2.30. The van der Waals surface area contributed by atoms with E-state index in [9.17, 15) is 14.7 Å². The lowest BCUT2D eigenvalue weighted by atomic mass is 9.75. The van der Waals surface area contributed by atoms with Gasteiger partial charge >= 0.3 is 5.97 Å². The van der Waals surface area contributed by atoms with Gasteiger partial charge in [-0.2, -0.15) is 0 Å². The van der Waals surface area contributed by atoms with Gasteiger partial charge in [-0.05, 0) is 24.8 Å². The van der Waals surface area contributed by atoms with E-state index in [2.05, 4.69) is 13.8 Å². The number of carboxylic acids is 1. The molecule has 1 N–H and O–H groups in total. The summed E-state index contributed by atoms with van der Waals surface area (Å²) in [7, 11) is 0. The Morgan fingerprint density at radius 2 is 1.81 bits per heavy atom. The molecule has 1 aliphatic heterocycles. The van der Waals surface area contributed by atoms with E-state index in [1.165, 1.54) is 0 Å². The molecule has 0 bridgehead atoms. The van der Waals surface area contributed by atoms with E-state index in [1.54, 1.807) is 42.5 Å². The Bertz CT molecular complexity index is 1160. The number of ketones is 1. The van der Waals surface area contributed by atoms with Crippen LogP contribution >= 0.6 is 0 Å². The van der Waals surface area contributed by atoms with Crippen LogP contribution in [0.2, 0.25) is 0 Å². The highest BCUT2D eigenvalue weighted by atomic mass is 16.5. The summed E-state index contributed by atoms with van der Waals surface area (Å²) in [5, 5.41) is 10.1. The van der Waals surface area contributed by atoms with Crippen molar-refractivity contribution >= 4 is 11.8 Å². The SMILES string of the molecule is CCOc1ccc2c(c1)OC(c1cccc(C(=O)c3ccccc3)c1C(=O)O)CC2(C)C. The molecule has 0 radical (unpaired) electrons. The average Bonchev–Trinajstić information content (AvgIpc) is 2.78. The van der Waals surface area contributed by atoms with Gasteiger partial charge < -0.3 is 14.6 Å². The molecule has 0 saturated heterocycles. The number of hydrogen-bond donors (Lipinski definition) is 1. The van der Waals surface area contributed by atoms with E-state index < -0.39 is 12.1 Å². The summed E-state index contributed by atoms with van der Waals surface area (Å²) < 4.78 is 11.9. The second kappa shape index (κ2) is 8.50. The van der Waals surface area contributed by atoms with Gasteiger partial charge in [-0.3, -0.25) is 4.79 Å². The van der Waals surface area contributed by atoms with E-state index in [1.807, 2.05) is 31.2 Å². The summed E-state index contributed by atoms with van der Waals surface area (Å²) in [6.45, 7) is 6.68. The predicted octanol–water partition coefficient (Wildman–Crippen LogP) is 5.82. The summed E-state index contributed by atoms with van der Waals surface area (Å²) in [5.41, 5.74) is 1.90. The molecular weight excluding hydrogens is 404 g/mol. The van der Waals surface area contributed by atoms with E-state index in [0.717, 1.165) is 5.56 Å². The first-order chi connectivity index (χ1) is 15.3. The van der Waals surface area contributed by atoms with Gasteiger partial charge in [0.05, 0.1) is 12.2 Å². The zero-order valence-corrected chi connectivity index (χ0v) is 18.4. The Morgan fingerprint density at radius 3 is 2.50 bits per heavy atom. The van der Waals surface area contributed by atoms with Crippen LogP contribution < -0.4 is 9.47 Å². The number of fused-ring (bicyclic) bond motifs is 1. The molecule has 1 heterocycles. The topological polar surface area (TPSA) is 72.8 Å². The first-order valence-electron chi connectivity index (χ1n) is 10.7. The molecule has 1 aliphatic rings. The summed E-state index contributed by atoms with van der Waals surface area (Å²) >= 11 is 0. The van der Waals surface area contributed by atoms with Gasteiger partial charge in [0.25, 0.3) is 0 Å². The highest BCUT2D eigenvalue weighted by Gasteiger charge is 2.37. The third-order valence-corrected chi connectivity index (χ3v) is 5.90. The molecule has 0 amide bonds. The highest BCUT2D eigenvalue weighted by molar-refractivity contribution is 6.14. The number of carbonyl (C=O) groups is 2. The minimum absolute atomic E-state index is 0.00781. The van der Waals surface area contributed by atoms with Crippen molar-refractivity contribution < 1.29 is 24.2 Å². The molecule has 0 aliphatic carbocycles. The van der Waals surface area contributed by atoms with E-state index in [4.69, 9.17) is 9.47 Å². The van der Waals surface area contributed by atoms with Gasteiger partial charge in [0.1, 0.15) is 17.6 Å². The first kappa shape index (κ1) is 21.6. The van der Waals surface area contributed by atoms with E-state index in [-0.39, 0.29) is 22.3 Å². The molecule has 0 spiro atoms. The number of aromatic carboxylic acids is 1. The summed E-state index contributed by atoms with van der Waals surface area (Å²) in [6.07, 6.45) is 0.0704. The molecule has 1 atom stereocenters. The van der Waals surface area contributed by atoms with Gasteiger partial charge in [0.15, 0.2) is 5.78 Å². The minimum atomic E-state index is -1.14. The van der Waals surface area contributed by atoms with Crippen LogP contribution in [0.5, 0.6) is 11.5 Å². The van der Waals surface area contributed by atoms with Crippen molar-refractivity contribution in [3.8, 4) is 11.5 Å². The maximum Gasteiger partial charge on any atom is 0.336 e. The van der Waals surface area contributed by atoms with Crippen molar-refractivity contribution in [2.24, 2.45) is 0 Å². The van der Waals surface area contributed by atoms with Crippen LogP contribution in [0.15, 0.2) is 66.7 Å². The first-order valence-corrected chi connectivity index (χ1v) is 10.7. The smallest absolute Gasteiger partial charge is 0.336 e. The third kappa shape index (κ3) is 3.98. The lowest BCUT2D eigenvalue weighted by Gasteiger charge is -2.38. The molecule has 0 saturated carbocycles. The van der Waals surface area contributed by atoms with E-state index >= 15 is 0 Å². The quantitative estimate of drug-likeness (QED) is 0.499. The molecule has 5 heteroatoms. The molecule has 4 rings (SSSR count). The average molecular weight is 431 g/mol. The van der Waals surface area contributed by atoms with Gasteiger partial charge in [0, 0.05) is 28.3 Å². The van der Waals surface area contributed by atoms with Crippen LogP contribution in [0, 0.1) is 0 Å². The van der Waals surface area contributed by atoms with Crippen LogP contribution in [-0.2, 0) is 5.41 Å². The fourth-order valence-corrected chi connectivity index (χ4v) is 4.37. The number of rotatable bonds is 6. The third-order valence-electron chi connectivity index (χ3n) is 5.90. The van der Waals surface area contributed by atoms with Crippen LogP contribution in [0.25, 0.3) is 0 Å². The fraction of sp³-hybridized carbons (Fsp3) is 0.259. The molecule has 1 unspecified atom stereocenters. The zero-order chi connectivity index (χ0) is 22.9. The van der Waals surface area contributed by atoms with Crippen LogP contribution in [0.3, 0.4) is 0 Å². The molecule has 164 valence electrons. The van der Waals surface area contributed by atoms with Crippen molar-refractivity contribution in [1.82, 2.24) is 0 Å². The largest absolute Gasteiger partial charge is 0.494 e. The van der Waals surface area contributed by atoms with Gasteiger partial charge in [-0.1, -0.05) is 68.4 Å². The molecule has 0 aromatic heterocycles. The maximum absolute atomic E-state index is 13.1. The Hall–Kier alpha value is -3.60. The number of carboxylic acid groups (broad SMARTS) is 1. The van der Waals surface area contributed by atoms with Crippen LogP contribution in [0.4, 0.5) is 0 Å². The van der Waals surface area contributed by atoms with Gasteiger partial charge in [-0.15, -0.1) is 0 Å². The summed E-state index contributed by atoms with van der Waals surface area (Å²) in [5.74, 6) is -0.0865. The van der Waals surface area contributed by atoms with Crippen LogP contribution in [-0.4, -0.2) is 23.5 Å². The number of benzene rings is 3. The second-order valence-electron chi connectivity index (χ2n) is 8.56. The van der Waals surface area contributed by atoms with Crippen molar-refractivity contribution in [1.29, 1.82) is 0 Å². The van der Waals surface area contributed by atoms with Crippen LogP contribution in [0.1, 0.15) is 70.7 Å². The van der Waals surface area contributed by atoms with Crippen molar-refractivity contribution in [2.75, 3.05) is 6.61 Å². The Kier molecular flexibility index (Phi) is 5.74. The molecule has 3 aromatic rings. The minimum Gasteiger partial charge on any atom is -0.494 e. The molecule has 3 aromatic carbocycles. The van der Waals surface area contributed by atoms with Crippen molar-refractivity contribution in [3.63, 3.8) is 0 Å². The summed E-state index contributed by atoms with van der Waals surface area (Å²) in [4.78, 5) is 25.5. The molecule has 5 nitrogen and oxygen atoms in total. The number of carbonyl (C=O) groups excluding carboxylic acids is 1. The molecule has 32 heavy (non-hydrogen) atoms. The maximum atomic E-state index is 13.1. The van der Waals surface area contributed by atoms with Gasteiger partial charge in [-0.25, -0.2) is 4.79 Å². The standard InChI is InChI=1S/C27H26O5/c1-4-31-18-13-14-21-22(15-18)32-23(16-27(21,2)3)19-11-8-12-20(24(19)26(29)30)25(28)17-9-6-5-7-10-17/h5-15,23H,4,16H2,1-3H3,(H,29,30). The monoisotopic (exact) mass is 430 g/mol. The second-order valence-corrected chi connectivity index (χ2v) is 8.56. The Labute approximate surface area is 187 Å². The Morgan fingerprint density at radius 1 is 1.06 bits per heavy atom. The Balaban J connectivity index is 1.79. The zero-order valence-electron chi connectivity index (χ0n) is 18.4. The van der Waals surface area contributed by atoms with Crippen molar-refractivity contribution in [3.05, 3.63) is 94.5 Å². The number of hydrogen-bond acceptors (Lipinski definition) is 4. The molecular formula is C27H26O5. The lowest BCUT2D eigenvalue weighted by molar-refractivity contribution is 0.0681. The van der Waals surface area contributed by atoms with E-state index in [0.29, 0.717) is 35.7 Å². The molecule has 0 fully saturated rings. The highest BCUT2D eigenvalue weighted by Crippen LogP contribution is 2.47. The fourth-order valence-electron chi connectivity index (χ4n) is 4.37. The normalized spacial score (nSPS) is 16.5. The summed E-state index contributed by atoms with van der Waals surface area (Å²) in [6, 6.07) is 19.5. The van der Waals surface area contributed by atoms with Gasteiger partial charge in [0.2, 0.25) is 0 Å².